The van der Waals surface area contributed by atoms with Crippen LogP contribution >= 0.6 is 0 Å². The van der Waals surface area contributed by atoms with Crippen LogP contribution in [0.1, 0.15) is 40.0 Å². The zero-order valence-electron chi connectivity index (χ0n) is 18.1. The summed E-state index contributed by atoms with van der Waals surface area (Å²) < 4.78 is 10.5. The third kappa shape index (κ3) is 8.19. The van der Waals surface area contributed by atoms with E-state index in [9.17, 15) is 9.59 Å². The molecule has 0 radical (unpaired) electrons. The Kier molecular flexibility index (Phi) is 8.13. The molecule has 1 aliphatic rings. The van der Waals surface area contributed by atoms with Gasteiger partial charge in [-0.15, -0.1) is 0 Å². The molecule has 1 heterocycles. The first-order valence-electron chi connectivity index (χ1n) is 10.1. The van der Waals surface area contributed by atoms with E-state index in [0.29, 0.717) is 29.6 Å². The highest BCUT2D eigenvalue weighted by Crippen LogP contribution is 2.28. The zero-order valence-corrected chi connectivity index (χ0v) is 18.1. The molecular formula is C21H34N4O4. The van der Waals surface area contributed by atoms with Crippen molar-refractivity contribution in [2.45, 2.75) is 45.6 Å². The Bertz CT molecular complexity index is 694. The van der Waals surface area contributed by atoms with Gasteiger partial charge in [0.05, 0.1) is 12.8 Å². The van der Waals surface area contributed by atoms with Crippen LogP contribution in [-0.2, 0) is 4.74 Å². The van der Waals surface area contributed by atoms with Crippen molar-refractivity contribution in [3.8, 4) is 5.75 Å². The summed E-state index contributed by atoms with van der Waals surface area (Å²) in [5.74, 6) is 1.14. The third-order valence-electron chi connectivity index (χ3n) is 4.77. The molecule has 8 heteroatoms. The molecule has 1 aromatic rings. The SMILES string of the molecule is COc1ccc(NC(=O)NCCC2CCN(C)CC2)cc1NC(=O)OC(C)(C)C. The lowest BCUT2D eigenvalue weighted by Gasteiger charge is -2.28. The van der Waals surface area contributed by atoms with E-state index in [1.807, 2.05) is 0 Å². The number of urea groups is 1. The Morgan fingerprint density at radius 2 is 1.86 bits per heavy atom. The third-order valence-corrected chi connectivity index (χ3v) is 4.77. The highest BCUT2D eigenvalue weighted by Gasteiger charge is 2.18. The van der Waals surface area contributed by atoms with E-state index in [0.717, 1.165) is 19.5 Å². The lowest BCUT2D eigenvalue weighted by atomic mass is 9.94. The lowest BCUT2D eigenvalue weighted by Crippen LogP contribution is -2.34. The van der Waals surface area contributed by atoms with Gasteiger partial charge in [0.15, 0.2) is 0 Å². The molecule has 0 unspecified atom stereocenters. The number of hydrogen-bond acceptors (Lipinski definition) is 5. The number of anilines is 2. The number of likely N-dealkylation sites (tertiary alicyclic amines) is 1. The molecule has 0 spiro atoms. The number of amides is 3. The molecule has 0 saturated carbocycles. The first-order chi connectivity index (χ1) is 13.7. The summed E-state index contributed by atoms with van der Waals surface area (Å²) in [6.07, 6.45) is 2.75. The van der Waals surface area contributed by atoms with E-state index in [-0.39, 0.29) is 6.03 Å². The second-order valence-corrected chi connectivity index (χ2v) is 8.46. The van der Waals surface area contributed by atoms with Gasteiger partial charge in [-0.1, -0.05) is 0 Å². The van der Waals surface area contributed by atoms with Crippen LogP contribution in [0.2, 0.25) is 0 Å². The Labute approximate surface area is 173 Å². The monoisotopic (exact) mass is 406 g/mol. The molecule has 3 N–H and O–H groups in total. The van der Waals surface area contributed by atoms with Gasteiger partial charge in [-0.05, 0) is 84.3 Å². The molecule has 1 saturated heterocycles. The smallest absolute Gasteiger partial charge is 0.412 e. The number of nitrogens with zero attached hydrogens (tertiary/aromatic N) is 1. The van der Waals surface area contributed by atoms with E-state index < -0.39 is 11.7 Å². The molecular weight excluding hydrogens is 372 g/mol. The largest absolute Gasteiger partial charge is 0.495 e. The van der Waals surface area contributed by atoms with Crippen molar-refractivity contribution in [3.05, 3.63) is 18.2 Å². The highest BCUT2D eigenvalue weighted by molar-refractivity contribution is 5.92. The standard InChI is InChI=1S/C21H34N4O4/c1-21(2,3)29-20(27)24-17-14-16(6-7-18(17)28-5)23-19(26)22-11-8-15-9-12-25(4)13-10-15/h6-7,14-15H,8-13H2,1-5H3,(H,24,27)(H2,22,23,26). The molecule has 0 aliphatic carbocycles. The van der Waals surface area contributed by atoms with Crippen LogP contribution in [0, 0.1) is 5.92 Å². The fourth-order valence-electron chi connectivity index (χ4n) is 3.21. The van der Waals surface area contributed by atoms with Crippen molar-refractivity contribution in [3.63, 3.8) is 0 Å². The van der Waals surface area contributed by atoms with Crippen LogP contribution in [0.4, 0.5) is 21.0 Å². The zero-order chi connectivity index (χ0) is 21.4. The maximum atomic E-state index is 12.2. The number of rotatable bonds is 6. The van der Waals surface area contributed by atoms with Crippen LogP contribution in [0.5, 0.6) is 5.75 Å². The fraction of sp³-hybridized carbons (Fsp3) is 0.619. The van der Waals surface area contributed by atoms with Crippen molar-refractivity contribution in [2.24, 2.45) is 5.92 Å². The summed E-state index contributed by atoms with van der Waals surface area (Å²) in [5.41, 5.74) is 0.361. The van der Waals surface area contributed by atoms with Crippen LogP contribution in [0.15, 0.2) is 18.2 Å². The minimum atomic E-state index is -0.610. The van der Waals surface area contributed by atoms with E-state index in [1.165, 1.54) is 20.0 Å². The maximum Gasteiger partial charge on any atom is 0.412 e. The molecule has 1 aromatic carbocycles. The van der Waals surface area contributed by atoms with Crippen molar-refractivity contribution < 1.29 is 19.1 Å². The quantitative estimate of drug-likeness (QED) is 0.666. The van der Waals surface area contributed by atoms with E-state index >= 15 is 0 Å². The molecule has 1 aliphatic heterocycles. The number of benzene rings is 1. The van der Waals surface area contributed by atoms with Crippen LogP contribution in [0.3, 0.4) is 0 Å². The minimum absolute atomic E-state index is 0.272. The Morgan fingerprint density at radius 1 is 1.17 bits per heavy atom. The summed E-state index contributed by atoms with van der Waals surface area (Å²) in [5, 5.41) is 8.36. The molecule has 0 bridgehead atoms. The predicted octanol–water partition coefficient (Wildman–Crippen LogP) is 3.90. The van der Waals surface area contributed by atoms with Crippen molar-refractivity contribution in [1.29, 1.82) is 0 Å². The number of ether oxygens (including phenoxy) is 2. The Hall–Kier alpha value is -2.48. The number of piperidine rings is 1. The van der Waals surface area contributed by atoms with Crippen LogP contribution in [0.25, 0.3) is 0 Å². The minimum Gasteiger partial charge on any atom is -0.495 e. The first kappa shape index (κ1) is 22.8. The number of carbonyl (C=O) groups is 2. The molecule has 29 heavy (non-hydrogen) atoms. The molecule has 2 rings (SSSR count). The second-order valence-electron chi connectivity index (χ2n) is 8.46. The van der Waals surface area contributed by atoms with Gasteiger partial charge in [-0.2, -0.15) is 0 Å². The van der Waals surface area contributed by atoms with Gasteiger partial charge in [-0.3, -0.25) is 5.32 Å². The van der Waals surface area contributed by atoms with Gasteiger partial charge in [0.1, 0.15) is 11.4 Å². The molecule has 0 aromatic heterocycles. The number of hydrogen-bond donors (Lipinski definition) is 3. The molecule has 162 valence electrons. The van der Waals surface area contributed by atoms with E-state index in [1.54, 1.807) is 39.0 Å². The highest BCUT2D eigenvalue weighted by atomic mass is 16.6. The number of nitrogens with one attached hydrogen (secondary N) is 3. The van der Waals surface area contributed by atoms with Crippen molar-refractivity contribution in [2.75, 3.05) is 44.4 Å². The van der Waals surface area contributed by atoms with Gasteiger partial charge < -0.3 is 25.0 Å². The van der Waals surface area contributed by atoms with Gasteiger partial charge in [0.2, 0.25) is 0 Å². The van der Waals surface area contributed by atoms with Gasteiger partial charge in [-0.25, -0.2) is 9.59 Å². The second kappa shape index (κ2) is 10.3. The van der Waals surface area contributed by atoms with Gasteiger partial charge in [0, 0.05) is 12.2 Å². The summed E-state index contributed by atoms with van der Waals surface area (Å²) in [7, 11) is 3.65. The van der Waals surface area contributed by atoms with Crippen molar-refractivity contribution >= 4 is 23.5 Å². The maximum absolute atomic E-state index is 12.2. The fourth-order valence-corrected chi connectivity index (χ4v) is 3.21. The Morgan fingerprint density at radius 3 is 2.48 bits per heavy atom. The molecule has 1 fully saturated rings. The Balaban J connectivity index is 1.86. The molecule has 3 amide bonds. The van der Waals surface area contributed by atoms with Crippen molar-refractivity contribution in [1.82, 2.24) is 10.2 Å². The summed E-state index contributed by atoms with van der Waals surface area (Å²) in [4.78, 5) is 26.6. The van der Waals surface area contributed by atoms with Crippen LogP contribution < -0.4 is 20.7 Å². The number of methoxy groups -OCH3 is 1. The van der Waals surface area contributed by atoms with Gasteiger partial charge >= 0.3 is 12.1 Å². The number of carbonyl (C=O) groups excluding carboxylic acids is 2. The molecule has 0 atom stereocenters. The average molecular weight is 407 g/mol. The van der Waals surface area contributed by atoms with Crippen LogP contribution in [-0.4, -0.2) is 56.4 Å². The summed E-state index contributed by atoms with van der Waals surface area (Å²) >= 11 is 0. The summed E-state index contributed by atoms with van der Waals surface area (Å²) in [6, 6.07) is 4.77. The average Bonchev–Trinajstić information content (AvgIpc) is 2.62. The van der Waals surface area contributed by atoms with Gasteiger partial charge in [0.25, 0.3) is 0 Å². The summed E-state index contributed by atoms with van der Waals surface area (Å²) in [6.45, 7) is 8.25. The topological polar surface area (TPSA) is 91.9 Å². The lowest BCUT2D eigenvalue weighted by molar-refractivity contribution is 0.0635. The van der Waals surface area contributed by atoms with E-state index in [2.05, 4.69) is 27.9 Å². The predicted molar refractivity (Wildman–Crippen MR) is 115 cm³/mol. The normalized spacial score (nSPS) is 15.5. The first-order valence-corrected chi connectivity index (χ1v) is 10.1. The molecule has 8 nitrogen and oxygen atoms in total. The van der Waals surface area contributed by atoms with E-state index in [4.69, 9.17) is 9.47 Å².